The zero-order valence-electron chi connectivity index (χ0n) is 11.1. The zero-order valence-corrected chi connectivity index (χ0v) is 11.1. The molecule has 2 rings (SSSR count). The van der Waals surface area contributed by atoms with E-state index in [9.17, 15) is 0 Å². The molecule has 0 radical (unpaired) electrons. The summed E-state index contributed by atoms with van der Waals surface area (Å²) in [5.74, 6) is 0.607. The molecule has 0 aliphatic carbocycles. The van der Waals surface area contributed by atoms with Crippen molar-refractivity contribution in [2.24, 2.45) is 5.92 Å². The molecule has 18 heavy (non-hydrogen) atoms. The number of nitrogens with zero attached hydrogens (tertiary/aromatic N) is 3. The molecule has 1 saturated heterocycles. The van der Waals surface area contributed by atoms with E-state index >= 15 is 0 Å². The number of nitriles is 1. The van der Waals surface area contributed by atoms with Crippen molar-refractivity contribution in [1.82, 2.24) is 10.3 Å². The summed E-state index contributed by atoms with van der Waals surface area (Å²) in [7, 11) is 0. The lowest BCUT2D eigenvalue weighted by Crippen LogP contribution is -2.44. The molecule has 1 aliphatic heterocycles. The van der Waals surface area contributed by atoms with Crippen LogP contribution in [0, 0.1) is 17.2 Å². The molecule has 0 spiro atoms. The second-order valence-corrected chi connectivity index (χ2v) is 5.16. The Morgan fingerprint density at radius 1 is 1.44 bits per heavy atom. The van der Waals surface area contributed by atoms with Crippen LogP contribution >= 0.6 is 0 Å². The molecular formula is C14H20N4. The van der Waals surface area contributed by atoms with E-state index < -0.39 is 0 Å². The van der Waals surface area contributed by atoms with Crippen molar-refractivity contribution in [2.75, 3.05) is 31.1 Å². The summed E-state index contributed by atoms with van der Waals surface area (Å²) in [5, 5.41) is 12.5. The monoisotopic (exact) mass is 244 g/mol. The van der Waals surface area contributed by atoms with Gasteiger partial charge >= 0.3 is 0 Å². The average molecular weight is 244 g/mol. The van der Waals surface area contributed by atoms with Gasteiger partial charge in [-0.3, -0.25) is 0 Å². The maximum atomic E-state index is 9.17. The molecule has 1 N–H and O–H groups in total. The fourth-order valence-corrected chi connectivity index (χ4v) is 2.31. The third-order valence-corrected chi connectivity index (χ3v) is 3.13. The molecule has 0 bridgehead atoms. The number of hydrogen-bond donors (Lipinski definition) is 1. The summed E-state index contributed by atoms with van der Waals surface area (Å²) in [6.45, 7) is 8.23. The first kappa shape index (κ1) is 12.8. The zero-order chi connectivity index (χ0) is 13.0. The fourth-order valence-electron chi connectivity index (χ4n) is 2.31. The highest BCUT2D eigenvalue weighted by Crippen LogP contribution is 2.21. The van der Waals surface area contributed by atoms with Gasteiger partial charge in [-0.25, -0.2) is 4.98 Å². The van der Waals surface area contributed by atoms with Gasteiger partial charge in [0, 0.05) is 32.4 Å². The van der Waals surface area contributed by atoms with Gasteiger partial charge in [-0.15, -0.1) is 0 Å². The van der Waals surface area contributed by atoms with Crippen molar-refractivity contribution in [1.29, 1.82) is 5.26 Å². The van der Waals surface area contributed by atoms with Crippen molar-refractivity contribution in [2.45, 2.75) is 20.3 Å². The molecule has 0 unspecified atom stereocenters. The summed E-state index contributed by atoms with van der Waals surface area (Å²) in [6, 6.07) is 4.34. The molecule has 96 valence electrons. The summed E-state index contributed by atoms with van der Waals surface area (Å²) < 4.78 is 0. The average Bonchev–Trinajstić information content (AvgIpc) is 2.39. The lowest BCUT2D eigenvalue weighted by molar-refractivity contribution is 0.587. The van der Waals surface area contributed by atoms with Gasteiger partial charge in [0.2, 0.25) is 0 Å². The van der Waals surface area contributed by atoms with Gasteiger partial charge in [0.15, 0.2) is 5.69 Å². The Morgan fingerprint density at radius 3 is 2.78 bits per heavy atom. The second kappa shape index (κ2) is 5.83. The van der Waals surface area contributed by atoms with E-state index in [4.69, 9.17) is 5.26 Å². The maximum absolute atomic E-state index is 9.17. The number of rotatable bonds is 3. The number of nitrogens with one attached hydrogen (secondary N) is 1. The van der Waals surface area contributed by atoms with Crippen LogP contribution in [-0.2, 0) is 6.42 Å². The molecule has 0 saturated carbocycles. The standard InChI is InChI=1S/C14H20N4/c1-11(2)7-12-8-14(13(9-15)17-10-12)18-5-3-16-4-6-18/h8,10-11,16H,3-7H2,1-2H3. The Balaban J connectivity index is 2.27. The van der Waals surface area contributed by atoms with Gasteiger partial charge < -0.3 is 10.2 Å². The van der Waals surface area contributed by atoms with Crippen LogP contribution in [0.5, 0.6) is 0 Å². The Labute approximate surface area is 109 Å². The van der Waals surface area contributed by atoms with Crippen molar-refractivity contribution in [3.8, 4) is 6.07 Å². The van der Waals surface area contributed by atoms with E-state index in [0.29, 0.717) is 11.6 Å². The van der Waals surface area contributed by atoms with E-state index in [2.05, 4.69) is 41.2 Å². The van der Waals surface area contributed by atoms with Gasteiger partial charge in [-0.2, -0.15) is 5.26 Å². The maximum Gasteiger partial charge on any atom is 0.163 e. The van der Waals surface area contributed by atoms with Crippen molar-refractivity contribution in [3.05, 3.63) is 23.5 Å². The van der Waals surface area contributed by atoms with Crippen molar-refractivity contribution < 1.29 is 0 Å². The summed E-state index contributed by atoms with van der Waals surface area (Å²) in [6.07, 6.45) is 2.85. The van der Waals surface area contributed by atoms with Crippen LogP contribution < -0.4 is 10.2 Å². The first-order valence-electron chi connectivity index (χ1n) is 6.55. The van der Waals surface area contributed by atoms with Crippen LogP contribution in [0.25, 0.3) is 0 Å². The molecule has 0 atom stereocenters. The first-order valence-corrected chi connectivity index (χ1v) is 6.55. The van der Waals surface area contributed by atoms with E-state index in [0.717, 1.165) is 38.3 Å². The van der Waals surface area contributed by atoms with E-state index in [1.807, 2.05) is 6.20 Å². The SMILES string of the molecule is CC(C)Cc1cnc(C#N)c(N2CCNCC2)c1. The topological polar surface area (TPSA) is 52.0 Å². The Morgan fingerprint density at radius 2 is 2.17 bits per heavy atom. The highest BCUT2D eigenvalue weighted by molar-refractivity contribution is 5.57. The summed E-state index contributed by atoms with van der Waals surface area (Å²) in [5.41, 5.74) is 2.76. The highest BCUT2D eigenvalue weighted by atomic mass is 15.2. The molecule has 1 fully saturated rings. The number of pyridine rings is 1. The molecule has 1 aliphatic rings. The van der Waals surface area contributed by atoms with E-state index in [-0.39, 0.29) is 0 Å². The highest BCUT2D eigenvalue weighted by Gasteiger charge is 2.16. The minimum atomic E-state index is 0.546. The summed E-state index contributed by atoms with van der Waals surface area (Å²) in [4.78, 5) is 6.56. The molecule has 4 heteroatoms. The third-order valence-electron chi connectivity index (χ3n) is 3.13. The molecule has 1 aromatic rings. The molecule has 0 amide bonds. The number of piperazine rings is 1. The number of anilines is 1. The van der Waals surface area contributed by atoms with Crippen LogP contribution in [0.15, 0.2) is 12.3 Å². The molecule has 4 nitrogen and oxygen atoms in total. The van der Waals surface area contributed by atoms with Gasteiger partial charge in [0.1, 0.15) is 6.07 Å². The van der Waals surface area contributed by atoms with Crippen molar-refractivity contribution in [3.63, 3.8) is 0 Å². The quantitative estimate of drug-likeness (QED) is 0.876. The largest absolute Gasteiger partial charge is 0.367 e. The van der Waals surface area contributed by atoms with Crippen molar-refractivity contribution >= 4 is 5.69 Å². The number of aromatic nitrogens is 1. The predicted octanol–water partition coefficient (Wildman–Crippen LogP) is 1.56. The molecule has 2 heterocycles. The van der Waals surface area contributed by atoms with Gasteiger partial charge in [-0.05, 0) is 24.0 Å². The molecular weight excluding hydrogens is 224 g/mol. The molecule has 1 aromatic heterocycles. The lowest BCUT2D eigenvalue weighted by atomic mass is 10.0. The van der Waals surface area contributed by atoms with Crippen LogP contribution in [0.1, 0.15) is 25.1 Å². The number of hydrogen-bond acceptors (Lipinski definition) is 4. The minimum absolute atomic E-state index is 0.546. The second-order valence-electron chi connectivity index (χ2n) is 5.16. The molecule has 0 aromatic carbocycles. The van der Waals surface area contributed by atoms with Crippen LogP contribution in [0.3, 0.4) is 0 Å². The predicted molar refractivity (Wildman–Crippen MR) is 72.6 cm³/mol. The fraction of sp³-hybridized carbons (Fsp3) is 0.571. The normalized spacial score (nSPS) is 15.8. The van der Waals surface area contributed by atoms with Crippen LogP contribution in [-0.4, -0.2) is 31.2 Å². The first-order chi connectivity index (χ1) is 8.70. The smallest absolute Gasteiger partial charge is 0.163 e. The van der Waals surface area contributed by atoms with Gasteiger partial charge in [0.25, 0.3) is 0 Å². The Bertz CT molecular complexity index is 442. The van der Waals surface area contributed by atoms with Crippen LogP contribution in [0.4, 0.5) is 5.69 Å². The Hall–Kier alpha value is -1.60. The van der Waals surface area contributed by atoms with E-state index in [1.165, 1.54) is 5.56 Å². The van der Waals surface area contributed by atoms with Crippen LogP contribution in [0.2, 0.25) is 0 Å². The minimum Gasteiger partial charge on any atom is -0.367 e. The third kappa shape index (κ3) is 2.99. The van der Waals surface area contributed by atoms with Gasteiger partial charge in [-0.1, -0.05) is 13.8 Å². The lowest BCUT2D eigenvalue weighted by Gasteiger charge is -2.30. The van der Waals surface area contributed by atoms with Gasteiger partial charge in [0.05, 0.1) is 5.69 Å². The van der Waals surface area contributed by atoms with E-state index in [1.54, 1.807) is 0 Å². The Kier molecular flexibility index (Phi) is 4.16. The summed E-state index contributed by atoms with van der Waals surface area (Å²) >= 11 is 0.